The van der Waals surface area contributed by atoms with Crippen LogP contribution in [0.4, 0.5) is 13.2 Å². The summed E-state index contributed by atoms with van der Waals surface area (Å²) >= 11 is 0. The standard InChI is InChI=1S/C24H25N3O5.C2HF3O2/c1-14-10-16(19-4-2-3-5-21(19)25-14)13-32-18-8-6-15(7-9-18)23(29)26-22-12-17(28)11-20(22)24(30)27-31;3-2(4,5)1(6)7/h2-10,17,20,22,28,31H,11-13H2,1H3,(H,26,29)(H,27,30);(H,6,7)/t17-,20-,22+;/m0./s1. The molecule has 5 N–H and O–H groups in total. The molecule has 39 heavy (non-hydrogen) atoms. The third-order valence-corrected chi connectivity index (χ3v) is 5.98. The number of aliphatic carboxylic acids is 1. The molecule has 0 radical (unpaired) electrons. The van der Waals surface area contributed by atoms with E-state index in [0.29, 0.717) is 17.9 Å². The molecule has 0 unspecified atom stereocenters. The normalized spacial score (nSPS) is 18.6. The van der Waals surface area contributed by atoms with Crippen LogP contribution in [-0.2, 0) is 16.2 Å². The number of hydrogen-bond acceptors (Lipinski definition) is 7. The molecule has 3 atom stereocenters. The summed E-state index contributed by atoms with van der Waals surface area (Å²) < 4.78 is 37.7. The van der Waals surface area contributed by atoms with Gasteiger partial charge in [-0.05, 0) is 56.2 Å². The number of rotatable bonds is 6. The lowest BCUT2D eigenvalue weighted by Gasteiger charge is -2.19. The van der Waals surface area contributed by atoms with Crippen LogP contribution in [0.15, 0.2) is 54.6 Å². The maximum Gasteiger partial charge on any atom is 0.490 e. The van der Waals surface area contributed by atoms with Crippen molar-refractivity contribution in [3.8, 4) is 5.75 Å². The molecule has 208 valence electrons. The predicted molar refractivity (Wildman–Crippen MR) is 131 cm³/mol. The van der Waals surface area contributed by atoms with E-state index >= 15 is 0 Å². The van der Waals surface area contributed by atoms with Crippen molar-refractivity contribution in [3.05, 3.63) is 71.4 Å². The van der Waals surface area contributed by atoms with Crippen LogP contribution in [0.3, 0.4) is 0 Å². The van der Waals surface area contributed by atoms with Crippen molar-refractivity contribution in [3.63, 3.8) is 0 Å². The van der Waals surface area contributed by atoms with Crippen LogP contribution in [0.1, 0.15) is 34.5 Å². The molecule has 1 heterocycles. The molecule has 3 aromatic rings. The van der Waals surface area contributed by atoms with Crippen molar-refractivity contribution in [2.45, 2.75) is 44.7 Å². The van der Waals surface area contributed by atoms with Crippen molar-refractivity contribution in [1.82, 2.24) is 15.8 Å². The minimum Gasteiger partial charge on any atom is -0.489 e. The van der Waals surface area contributed by atoms with Gasteiger partial charge in [0.25, 0.3) is 5.91 Å². The maximum absolute atomic E-state index is 12.6. The van der Waals surface area contributed by atoms with Gasteiger partial charge in [-0.2, -0.15) is 13.2 Å². The van der Waals surface area contributed by atoms with Gasteiger partial charge in [0.2, 0.25) is 5.91 Å². The number of nitrogens with one attached hydrogen (secondary N) is 2. The first-order valence-corrected chi connectivity index (χ1v) is 11.7. The minimum atomic E-state index is -5.08. The number of alkyl halides is 3. The lowest BCUT2D eigenvalue weighted by Crippen LogP contribution is -2.43. The van der Waals surface area contributed by atoms with Crippen LogP contribution >= 0.6 is 0 Å². The van der Waals surface area contributed by atoms with Gasteiger partial charge < -0.3 is 20.3 Å². The Labute approximate surface area is 220 Å². The van der Waals surface area contributed by atoms with Crippen LogP contribution in [0.2, 0.25) is 0 Å². The number of pyridine rings is 1. The molecule has 2 amide bonds. The molecule has 13 heteroatoms. The molecule has 0 spiro atoms. The molecule has 0 aliphatic heterocycles. The number of halogens is 3. The van der Waals surface area contributed by atoms with E-state index in [2.05, 4.69) is 10.3 Å². The summed E-state index contributed by atoms with van der Waals surface area (Å²) in [6, 6.07) is 16.1. The molecular weight excluding hydrogens is 523 g/mol. The topological polar surface area (TPSA) is 158 Å². The highest BCUT2D eigenvalue weighted by Gasteiger charge is 2.39. The van der Waals surface area contributed by atoms with Gasteiger partial charge in [-0.15, -0.1) is 0 Å². The van der Waals surface area contributed by atoms with E-state index < -0.39 is 36.1 Å². The average molecular weight is 550 g/mol. The zero-order chi connectivity index (χ0) is 28.7. The van der Waals surface area contributed by atoms with Crippen molar-refractivity contribution in [1.29, 1.82) is 0 Å². The number of carbonyl (C=O) groups excluding carboxylic acids is 2. The number of fused-ring (bicyclic) bond motifs is 1. The lowest BCUT2D eigenvalue weighted by atomic mass is 10.0. The number of aliphatic hydroxyl groups is 1. The first-order chi connectivity index (χ1) is 18.4. The van der Waals surface area contributed by atoms with E-state index in [0.717, 1.165) is 22.2 Å². The highest BCUT2D eigenvalue weighted by Crippen LogP contribution is 2.27. The third-order valence-electron chi connectivity index (χ3n) is 5.98. The van der Waals surface area contributed by atoms with Crippen LogP contribution in [0, 0.1) is 12.8 Å². The molecule has 1 saturated carbocycles. The van der Waals surface area contributed by atoms with Crippen molar-refractivity contribution in [2.24, 2.45) is 5.92 Å². The van der Waals surface area contributed by atoms with Gasteiger partial charge in [0.1, 0.15) is 12.4 Å². The van der Waals surface area contributed by atoms with Crippen LogP contribution in [0.25, 0.3) is 10.9 Å². The highest BCUT2D eigenvalue weighted by atomic mass is 19.4. The van der Waals surface area contributed by atoms with Gasteiger partial charge in [-0.25, -0.2) is 10.3 Å². The lowest BCUT2D eigenvalue weighted by molar-refractivity contribution is -0.192. The molecule has 0 bridgehead atoms. The maximum atomic E-state index is 12.6. The number of carboxylic acid groups (broad SMARTS) is 1. The first-order valence-electron chi connectivity index (χ1n) is 11.7. The smallest absolute Gasteiger partial charge is 0.489 e. The summed E-state index contributed by atoms with van der Waals surface area (Å²) in [6.07, 6.45) is -5.34. The molecule has 4 rings (SSSR count). The second-order valence-electron chi connectivity index (χ2n) is 8.84. The van der Waals surface area contributed by atoms with Gasteiger partial charge in [0, 0.05) is 28.2 Å². The molecule has 0 saturated heterocycles. The Hall–Kier alpha value is -4.23. The number of aromatic nitrogens is 1. The monoisotopic (exact) mass is 549 g/mol. The average Bonchev–Trinajstić information content (AvgIpc) is 3.26. The zero-order valence-corrected chi connectivity index (χ0v) is 20.6. The zero-order valence-electron chi connectivity index (χ0n) is 20.6. The van der Waals surface area contributed by atoms with E-state index in [1.54, 1.807) is 29.7 Å². The number of ether oxygens (including phenoxy) is 1. The number of carboxylic acids is 1. The number of aryl methyl sites for hydroxylation is 1. The number of para-hydroxylation sites is 1. The van der Waals surface area contributed by atoms with Gasteiger partial charge >= 0.3 is 12.1 Å². The number of carbonyl (C=O) groups is 3. The number of aliphatic hydroxyl groups excluding tert-OH is 1. The van der Waals surface area contributed by atoms with Crippen molar-refractivity contribution < 1.29 is 47.7 Å². The molecule has 1 aromatic heterocycles. The highest BCUT2D eigenvalue weighted by molar-refractivity contribution is 5.95. The number of benzene rings is 2. The Bertz CT molecular complexity index is 1330. The summed E-state index contributed by atoms with van der Waals surface area (Å²) in [5.41, 5.74) is 4.87. The minimum absolute atomic E-state index is 0.188. The molecule has 1 fully saturated rings. The Balaban J connectivity index is 0.000000532. The molecule has 2 aromatic carbocycles. The molecule has 1 aliphatic rings. The van der Waals surface area contributed by atoms with E-state index in [9.17, 15) is 27.9 Å². The van der Waals surface area contributed by atoms with E-state index in [-0.39, 0.29) is 18.7 Å². The van der Waals surface area contributed by atoms with Gasteiger partial charge in [-0.1, -0.05) is 18.2 Å². The second kappa shape index (κ2) is 12.5. The molecular formula is C26H26F3N3O7. The van der Waals surface area contributed by atoms with Crippen LogP contribution in [-0.4, -0.2) is 56.5 Å². The fraction of sp³-hybridized carbons (Fsp3) is 0.308. The Morgan fingerprint density at radius 1 is 1.08 bits per heavy atom. The van der Waals surface area contributed by atoms with Crippen LogP contribution in [0.5, 0.6) is 5.75 Å². The predicted octanol–water partition coefficient (Wildman–Crippen LogP) is 3.13. The van der Waals surface area contributed by atoms with E-state index in [1.165, 1.54) is 0 Å². The quantitative estimate of drug-likeness (QED) is 0.232. The van der Waals surface area contributed by atoms with Gasteiger partial charge in [0.15, 0.2) is 0 Å². The third kappa shape index (κ3) is 7.88. The van der Waals surface area contributed by atoms with Gasteiger partial charge in [-0.3, -0.25) is 19.8 Å². The fourth-order valence-electron chi connectivity index (χ4n) is 4.17. The van der Waals surface area contributed by atoms with E-state index in [1.807, 2.05) is 37.3 Å². The Morgan fingerprint density at radius 2 is 1.72 bits per heavy atom. The fourth-order valence-corrected chi connectivity index (χ4v) is 4.17. The van der Waals surface area contributed by atoms with Crippen molar-refractivity contribution >= 4 is 28.7 Å². The number of hydrogen-bond donors (Lipinski definition) is 5. The Morgan fingerprint density at radius 3 is 2.33 bits per heavy atom. The molecule has 10 nitrogen and oxygen atoms in total. The SMILES string of the molecule is Cc1cc(COc2ccc(C(=O)N[C@@H]3C[C@@H](O)C[C@@H]3C(=O)NO)cc2)c2ccccc2n1.O=C(O)C(F)(F)F. The Kier molecular flexibility index (Phi) is 9.43. The largest absolute Gasteiger partial charge is 0.490 e. The summed E-state index contributed by atoms with van der Waals surface area (Å²) in [5.74, 6) is -3.79. The van der Waals surface area contributed by atoms with Crippen molar-refractivity contribution in [2.75, 3.05) is 0 Å². The van der Waals surface area contributed by atoms with E-state index in [4.69, 9.17) is 19.8 Å². The second-order valence-corrected chi connectivity index (χ2v) is 8.84. The summed E-state index contributed by atoms with van der Waals surface area (Å²) in [4.78, 5) is 37.8. The first kappa shape index (κ1) is 29.3. The number of nitrogens with zero attached hydrogens (tertiary/aromatic N) is 1. The van der Waals surface area contributed by atoms with Gasteiger partial charge in [0.05, 0.1) is 17.5 Å². The number of hydroxylamine groups is 1. The number of amides is 2. The van der Waals surface area contributed by atoms with Crippen LogP contribution < -0.4 is 15.5 Å². The summed E-state index contributed by atoms with van der Waals surface area (Å²) in [6.45, 7) is 2.31. The summed E-state index contributed by atoms with van der Waals surface area (Å²) in [5, 5.41) is 29.7. The molecule has 1 aliphatic carbocycles. The summed E-state index contributed by atoms with van der Waals surface area (Å²) in [7, 11) is 0.